The number of rotatable bonds is 3. The first kappa shape index (κ1) is 13.8. The van der Waals surface area contributed by atoms with E-state index in [-0.39, 0.29) is 0 Å². The number of hydrogen-bond acceptors (Lipinski definition) is 6. The summed E-state index contributed by atoms with van der Waals surface area (Å²) in [6, 6.07) is 1.85. The van der Waals surface area contributed by atoms with Gasteiger partial charge < -0.3 is 10.3 Å². The molecule has 3 heterocycles. The number of nitrogens with zero attached hydrogens (tertiary/aromatic N) is 5. The zero-order chi connectivity index (χ0) is 14.7. The van der Waals surface area contributed by atoms with Gasteiger partial charge in [-0.25, -0.2) is 10.8 Å². The number of hydrogen-bond donors (Lipinski definition) is 2. The first-order valence-corrected chi connectivity index (χ1v) is 7.36. The lowest BCUT2D eigenvalue weighted by atomic mass is 10.2. The average Bonchev–Trinajstić information content (AvgIpc) is 2.77. The van der Waals surface area contributed by atoms with Crippen molar-refractivity contribution in [2.75, 3.05) is 23.4 Å². The van der Waals surface area contributed by atoms with Crippen LogP contribution in [0.4, 0.5) is 11.8 Å². The molecule has 2 aromatic rings. The minimum atomic E-state index is 0.628. The molecular weight excluding hydrogens is 266 g/mol. The van der Waals surface area contributed by atoms with Crippen LogP contribution in [0.5, 0.6) is 0 Å². The molecule has 1 fully saturated rings. The summed E-state index contributed by atoms with van der Waals surface area (Å²) in [5, 5.41) is 4.20. The zero-order valence-electron chi connectivity index (χ0n) is 12.3. The third kappa shape index (κ3) is 3.13. The normalized spacial score (nSPS) is 15.8. The van der Waals surface area contributed by atoms with Crippen molar-refractivity contribution in [2.24, 2.45) is 12.9 Å². The smallest absolute Gasteiger partial charge is 0.227 e. The van der Waals surface area contributed by atoms with E-state index in [0.717, 1.165) is 30.3 Å². The van der Waals surface area contributed by atoms with Crippen LogP contribution in [-0.4, -0.2) is 32.8 Å². The molecule has 0 radical (unpaired) electrons. The van der Waals surface area contributed by atoms with Crippen LogP contribution < -0.4 is 16.2 Å². The minimum absolute atomic E-state index is 0.628. The van der Waals surface area contributed by atoms with Crippen LogP contribution in [0.1, 0.15) is 25.7 Å². The summed E-state index contributed by atoms with van der Waals surface area (Å²) in [5.41, 5.74) is 4.44. The Bertz CT molecular complexity index is 599. The molecule has 112 valence electrons. The number of nitrogens with one attached hydrogen (secondary N) is 1. The maximum absolute atomic E-state index is 5.55. The van der Waals surface area contributed by atoms with E-state index in [1.165, 1.54) is 25.7 Å². The molecule has 0 atom stereocenters. The quantitative estimate of drug-likeness (QED) is 0.658. The van der Waals surface area contributed by atoms with E-state index >= 15 is 0 Å². The summed E-state index contributed by atoms with van der Waals surface area (Å²) < 4.78 is 1.76. The summed E-state index contributed by atoms with van der Waals surface area (Å²) in [5.74, 6) is 6.92. The second kappa shape index (κ2) is 6.09. The lowest BCUT2D eigenvalue weighted by molar-refractivity contribution is 0.726. The van der Waals surface area contributed by atoms with Crippen molar-refractivity contribution in [1.29, 1.82) is 0 Å². The molecule has 21 heavy (non-hydrogen) atoms. The van der Waals surface area contributed by atoms with Gasteiger partial charge in [0.15, 0.2) is 0 Å². The number of aromatic nitrogens is 4. The average molecular weight is 287 g/mol. The Balaban J connectivity index is 1.96. The molecule has 3 rings (SSSR count). The summed E-state index contributed by atoms with van der Waals surface area (Å²) in [6.07, 6.45) is 8.67. The molecule has 0 saturated carbocycles. The van der Waals surface area contributed by atoms with E-state index in [0.29, 0.717) is 5.82 Å². The Morgan fingerprint density at radius 1 is 1.14 bits per heavy atom. The molecule has 3 N–H and O–H groups in total. The molecule has 0 aromatic carbocycles. The molecule has 1 aliphatic heterocycles. The van der Waals surface area contributed by atoms with Crippen LogP contribution in [0, 0.1) is 0 Å². The number of anilines is 2. The molecular formula is C14H21N7. The molecule has 0 spiro atoms. The topological polar surface area (TPSA) is 84.9 Å². The Morgan fingerprint density at radius 2 is 1.90 bits per heavy atom. The van der Waals surface area contributed by atoms with Gasteiger partial charge in [0.25, 0.3) is 0 Å². The lowest BCUT2D eigenvalue weighted by Gasteiger charge is -2.21. The predicted molar refractivity (Wildman–Crippen MR) is 82.7 cm³/mol. The number of hydrazine groups is 1. The van der Waals surface area contributed by atoms with E-state index in [4.69, 9.17) is 10.8 Å². The van der Waals surface area contributed by atoms with Gasteiger partial charge in [-0.1, -0.05) is 12.8 Å². The van der Waals surface area contributed by atoms with Crippen LogP contribution in [0.3, 0.4) is 0 Å². The van der Waals surface area contributed by atoms with Crippen molar-refractivity contribution in [3.05, 3.63) is 18.5 Å². The van der Waals surface area contributed by atoms with Gasteiger partial charge in [-0.05, 0) is 12.8 Å². The van der Waals surface area contributed by atoms with Crippen molar-refractivity contribution in [2.45, 2.75) is 25.7 Å². The number of nitrogen functional groups attached to an aromatic ring is 1. The Morgan fingerprint density at radius 3 is 2.52 bits per heavy atom. The molecule has 1 aliphatic rings. The van der Waals surface area contributed by atoms with E-state index in [2.05, 4.69) is 20.4 Å². The van der Waals surface area contributed by atoms with Crippen molar-refractivity contribution in [1.82, 2.24) is 19.7 Å². The fourth-order valence-electron chi connectivity index (χ4n) is 2.62. The molecule has 2 aromatic heterocycles. The van der Waals surface area contributed by atoms with Crippen LogP contribution in [0.15, 0.2) is 18.5 Å². The van der Waals surface area contributed by atoms with Crippen LogP contribution in [0.2, 0.25) is 0 Å². The SMILES string of the molecule is Cn1cc(-c2cc(NN)nc(N3CCCCCC3)n2)cn1. The second-order valence-electron chi connectivity index (χ2n) is 5.39. The van der Waals surface area contributed by atoms with Gasteiger partial charge in [0, 0.05) is 38.0 Å². The van der Waals surface area contributed by atoms with Crippen molar-refractivity contribution < 1.29 is 0 Å². The third-order valence-electron chi connectivity index (χ3n) is 3.75. The van der Waals surface area contributed by atoms with Crippen LogP contribution >= 0.6 is 0 Å². The fourth-order valence-corrected chi connectivity index (χ4v) is 2.62. The van der Waals surface area contributed by atoms with Gasteiger partial charge in [-0.15, -0.1) is 0 Å². The van der Waals surface area contributed by atoms with E-state index in [9.17, 15) is 0 Å². The Labute approximate surface area is 124 Å². The largest absolute Gasteiger partial charge is 0.341 e. The molecule has 0 amide bonds. The summed E-state index contributed by atoms with van der Waals surface area (Å²) in [4.78, 5) is 11.4. The van der Waals surface area contributed by atoms with Crippen molar-refractivity contribution >= 4 is 11.8 Å². The number of aryl methyl sites for hydroxylation is 1. The molecule has 0 unspecified atom stereocenters. The van der Waals surface area contributed by atoms with Gasteiger partial charge in [-0.3, -0.25) is 4.68 Å². The van der Waals surface area contributed by atoms with Gasteiger partial charge in [0.05, 0.1) is 11.9 Å². The third-order valence-corrected chi connectivity index (χ3v) is 3.75. The van der Waals surface area contributed by atoms with Crippen molar-refractivity contribution in [3.63, 3.8) is 0 Å². The monoisotopic (exact) mass is 287 g/mol. The lowest BCUT2D eigenvalue weighted by Crippen LogP contribution is -2.26. The highest BCUT2D eigenvalue weighted by Gasteiger charge is 2.15. The van der Waals surface area contributed by atoms with E-state index < -0.39 is 0 Å². The van der Waals surface area contributed by atoms with Gasteiger partial charge in [0.1, 0.15) is 5.82 Å². The standard InChI is InChI=1S/C14H21N7/c1-20-10-11(9-16-20)12-8-13(19-15)18-14(17-12)21-6-4-2-3-5-7-21/h8-10H,2-7,15H2,1H3,(H,17,18,19). The van der Waals surface area contributed by atoms with Crippen LogP contribution in [0.25, 0.3) is 11.3 Å². The first-order valence-electron chi connectivity index (χ1n) is 7.36. The van der Waals surface area contributed by atoms with Gasteiger partial charge in [0.2, 0.25) is 5.95 Å². The van der Waals surface area contributed by atoms with E-state index in [1.807, 2.05) is 19.3 Å². The minimum Gasteiger partial charge on any atom is -0.341 e. The number of nitrogens with two attached hydrogens (primary N) is 1. The highest BCUT2D eigenvalue weighted by atomic mass is 15.3. The van der Waals surface area contributed by atoms with E-state index in [1.54, 1.807) is 10.9 Å². The summed E-state index contributed by atoms with van der Waals surface area (Å²) >= 11 is 0. The highest BCUT2D eigenvalue weighted by Crippen LogP contribution is 2.23. The Kier molecular flexibility index (Phi) is 4.01. The van der Waals surface area contributed by atoms with Gasteiger partial charge >= 0.3 is 0 Å². The highest BCUT2D eigenvalue weighted by molar-refractivity contribution is 5.63. The van der Waals surface area contributed by atoms with Gasteiger partial charge in [-0.2, -0.15) is 10.1 Å². The maximum Gasteiger partial charge on any atom is 0.227 e. The zero-order valence-corrected chi connectivity index (χ0v) is 12.3. The molecule has 0 bridgehead atoms. The predicted octanol–water partition coefficient (Wildman–Crippen LogP) is 1.54. The van der Waals surface area contributed by atoms with Crippen LogP contribution in [-0.2, 0) is 7.05 Å². The molecule has 0 aliphatic carbocycles. The Hall–Kier alpha value is -2.15. The summed E-state index contributed by atoms with van der Waals surface area (Å²) in [7, 11) is 1.89. The fraction of sp³-hybridized carbons (Fsp3) is 0.500. The first-order chi connectivity index (χ1) is 10.3. The maximum atomic E-state index is 5.55. The second-order valence-corrected chi connectivity index (χ2v) is 5.39. The van der Waals surface area contributed by atoms with Crippen molar-refractivity contribution in [3.8, 4) is 11.3 Å². The molecule has 7 heteroatoms. The molecule has 7 nitrogen and oxygen atoms in total. The summed E-state index contributed by atoms with van der Waals surface area (Å²) in [6.45, 7) is 2.00. The molecule has 1 saturated heterocycles.